The summed E-state index contributed by atoms with van der Waals surface area (Å²) in [4.78, 5) is 9.96. The number of halogens is 3. The maximum Gasteiger partial charge on any atom is 0.501 e. The van der Waals surface area contributed by atoms with Crippen molar-refractivity contribution in [1.29, 1.82) is 0 Å². The molecule has 0 aliphatic heterocycles. The Morgan fingerprint density at radius 3 is 2.21 bits per heavy atom. The first-order chi connectivity index (χ1) is 8.68. The topological polar surface area (TPSA) is 72.5 Å². The predicted molar refractivity (Wildman–Crippen MR) is 60.2 cm³/mol. The molecule has 0 saturated heterocycles. The molecule has 0 fully saturated rings. The molecular formula is C10H10F3NO4S. The Kier molecular flexibility index (Phi) is 4.40. The second kappa shape index (κ2) is 5.47. The largest absolute Gasteiger partial charge is 0.501 e. The number of ether oxygens (including phenoxy) is 1. The van der Waals surface area contributed by atoms with Gasteiger partial charge < -0.3 is 10.1 Å². The van der Waals surface area contributed by atoms with Crippen molar-refractivity contribution in [3.05, 3.63) is 24.3 Å². The number of sulfone groups is 1. The highest BCUT2D eigenvalue weighted by molar-refractivity contribution is 7.92. The number of methoxy groups -OCH3 is 1. The third kappa shape index (κ3) is 3.60. The number of benzene rings is 1. The molecule has 0 atom stereocenters. The molecule has 1 N–H and O–H groups in total. The van der Waals surface area contributed by atoms with E-state index in [-0.39, 0.29) is 6.54 Å². The molecule has 1 aromatic carbocycles. The number of esters is 1. The molecular weight excluding hydrogens is 287 g/mol. The van der Waals surface area contributed by atoms with Crippen LogP contribution in [-0.4, -0.2) is 33.5 Å². The van der Waals surface area contributed by atoms with Crippen molar-refractivity contribution in [3.63, 3.8) is 0 Å². The van der Waals surface area contributed by atoms with Crippen molar-refractivity contribution in [1.82, 2.24) is 0 Å². The van der Waals surface area contributed by atoms with Gasteiger partial charge in [0, 0.05) is 5.69 Å². The van der Waals surface area contributed by atoms with Crippen LogP contribution in [0, 0.1) is 0 Å². The SMILES string of the molecule is COC(=O)CNc1ccc(S(=O)(=O)C(F)(F)F)cc1. The van der Waals surface area contributed by atoms with Gasteiger partial charge in [-0.3, -0.25) is 4.79 Å². The third-order valence-electron chi connectivity index (χ3n) is 2.13. The molecule has 0 radical (unpaired) electrons. The number of alkyl halides is 3. The Labute approximate surface area is 107 Å². The Morgan fingerprint density at radius 1 is 1.26 bits per heavy atom. The van der Waals surface area contributed by atoms with Gasteiger partial charge in [-0.1, -0.05) is 0 Å². The lowest BCUT2D eigenvalue weighted by molar-refractivity contribution is -0.138. The summed E-state index contributed by atoms with van der Waals surface area (Å²) >= 11 is 0. The van der Waals surface area contributed by atoms with E-state index < -0.39 is 26.2 Å². The average molecular weight is 297 g/mol. The van der Waals surface area contributed by atoms with Gasteiger partial charge in [-0.25, -0.2) is 8.42 Å². The normalized spacial score (nSPS) is 12.0. The maximum absolute atomic E-state index is 12.3. The van der Waals surface area contributed by atoms with E-state index in [2.05, 4.69) is 10.1 Å². The van der Waals surface area contributed by atoms with Crippen LogP contribution in [0.15, 0.2) is 29.2 Å². The summed E-state index contributed by atoms with van der Waals surface area (Å²) in [5.41, 5.74) is -5.04. The summed E-state index contributed by atoms with van der Waals surface area (Å²) in [7, 11) is -4.16. The Balaban J connectivity index is 2.86. The van der Waals surface area contributed by atoms with Gasteiger partial charge in [-0.05, 0) is 24.3 Å². The van der Waals surface area contributed by atoms with E-state index in [1.807, 2.05) is 0 Å². The van der Waals surface area contributed by atoms with Gasteiger partial charge in [0.25, 0.3) is 9.84 Å². The minimum absolute atomic E-state index is 0.179. The summed E-state index contributed by atoms with van der Waals surface area (Å²) in [5, 5.41) is 2.56. The van der Waals surface area contributed by atoms with Crippen molar-refractivity contribution in [2.24, 2.45) is 0 Å². The van der Waals surface area contributed by atoms with Gasteiger partial charge in [0.05, 0.1) is 12.0 Å². The number of carbonyl (C=O) groups excluding carboxylic acids is 1. The van der Waals surface area contributed by atoms with Gasteiger partial charge in [0.1, 0.15) is 6.54 Å². The monoisotopic (exact) mass is 297 g/mol. The zero-order valence-corrected chi connectivity index (χ0v) is 10.5. The van der Waals surface area contributed by atoms with E-state index in [0.29, 0.717) is 5.69 Å². The van der Waals surface area contributed by atoms with Gasteiger partial charge in [-0.15, -0.1) is 0 Å². The fourth-order valence-corrected chi connectivity index (χ4v) is 1.89. The lowest BCUT2D eigenvalue weighted by Gasteiger charge is -2.09. The first-order valence-electron chi connectivity index (χ1n) is 4.90. The van der Waals surface area contributed by atoms with Gasteiger partial charge in [0.2, 0.25) is 0 Å². The van der Waals surface area contributed by atoms with E-state index in [9.17, 15) is 26.4 Å². The number of nitrogens with one attached hydrogen (secondary N) is 1. The molecule has 106 valence electrons. The molecule has 0 spiro atoms. The Morgan fingerprint density at radius 2 is 1.79 bits per heavy atom. The molecule has 0 unspecified atom stereocenters. The highest BCUT2D eigenvalue weighted by Gasteiger charge is 2.46. The average Bonchev–Trinajstić information content (AvgIpc) is 2.35. The summed E-state index contributed by atoms with van der Waals surface area (Å²) < 4.78 is 63.2. The molecule has 0 aliphatic rings. The molecule has 0 bridgehead atoms. The minimum Gasteiger partial charge on any atom is -0.468 e. The minimum atomic E-state index is -5.35. The van der Waals surface area contributed by atoms with Crippen LogP contribution in [0.3, 0.4) is 0 Å². The van der Waals surface area contributed by atoms with Crippen LogP contribution in [-0.2, 0) is 19.4 Å². The van der Waals surface area contributed by atoms with Crippen molar-refractivity contribution in [2.75, 3.05) is 19.0 Å². The third-order valence-corrected chi connectivity index (χ3v) is 3.64. The first kappa shape index (κ1) is 15.3. The summed E-state index contributed by atoms with van der Waals surface area (Å²) in [6, 6.07) is 3.87. The van der Waals surface area contributed by atoms with E-state index in [4.69, 9.17) is 0 Å². The lowest BCUT2D eigenvalue weighted by Crippen LogP contribution is -2.23. The number of hydrogen-bond donors (Lipinski definition) is 1. The number of carbonyl (C=O) groups is 1. The zero-order valence-electron chi connectivity index (χ0n) is 9.69. The standard InChI is InChI=1S/C10H10F3NO4S/c1-18-9(15)6-14-7-2-4-8(5-3-7)19(16,17)10(11,12)13/h2-5,14H,6H2,1H3. The van der Waals surface area contributed by atoms with Crippen LogP contribution in [0.25, 0.3) is 0 Å². The van der Waals surface area contributed by atoms with Crippen molar-refractivity contribution < 1.29 is 31.1 Å². The molecule has 0 saturated carbocycles. The first-order valence-corrected chi connectivity index (χ1v) is 6.39. The lowest BCUT2D eigenvalue weighted by atomic mass is 10.3. The molecule has 1 rings (SSSR count). The molecule has 0 heterocycles. The summed E-state index contributed by atoms with van der Waals surface area (Å²) in [6.07, 6.45) is 0. The maximum atomic E-state index is 12.3. The molecule has 19 heavy (non-hydrogen) atoms. The van der Waals surface area contributed by atoms with Crippen LogP contribution < -0.4 is 5.32 Å². The van der Waals surface area contributed by atoms with Crippen LogP contribution >= 0.6 is 0 Å². The van der Waals surface area contributed by atoms with E-state index in [0.717, 1.165) is 24.3 Å². The van der Waals surface area contributed by atoms with Gasteiger partial charge in [-0.2, -0.15) is 13.2 Å². The smallest absolute Gasteiger partial charge is 0.468 e. The van der Waals surface area contributed by atoms with E-state index >= 15 is 0 Å². The van der Waals surface area contributed by atoms with Gasteiger partial charge in [0.15, 0.2) is 0 Å². The number of rotatable bonds is 4. The highest BCUT2D eigenvalue weighted by Crippen LogP contribution is 2.30. The van der Waals surface area contributed by atoms with Crippen molar-refractivity contribution in [2.45, 2.75) is 10.4 Å². The fourth-order valence-electron chi connectivity index (χ4n) is 1.13. The Bertz CT molecular complexity index is 551. The Hall–Kier alpha value is -1.77. The quantitative estimate of drug-likeness (QED) is 0.854. The van der Waals surface area contributed by atoms with Crippen LogP contribution in [0.1, 0.15) is 0 Å². The summed E-state index contributed by atoms with van der Waals surface area (Å²) in [6.45, 7) is -0.179. The second-order valence-electron chi connectivity index (χ2n) is 3.40. The summed E-state index contributed by atoms with van der Waals surface area (Å²) in [5.74, 6) is -0.563. The molecule has 5 nitrogen and oxygen atoms in total. The van der Waals surface area contributed by atoms with Crippen LogP contribution in [0.5, 0.6) is 0 Å². The van der Waals surface area contributed by atoms with E-state index in [1.165, 1.54) is 7.11 Å². The van der Waals surface area contributed by atoms with Crippen LogP contribution in [0.2, 0.25) is 0 Å². The van der Waals surface area contributed by atoms with Gasteiger partial charge >= 0.3 is 11.5 Å². The van der Waals surface area contributed by atoms with Crippen LogP contribution in [0.4, 0.5) is 18.9 Å². The highest BCUT2D eigenvalue weighted by atomic mass is 32.2. The van der Waals surface area contributed by atoms with E-state index in [1.54, 1.807) is 0 Å². The molecule has 0 aliphatic carbocycles. The molecule has 0 amide bonds. The number of anilines is 1. The second-order valence-corrected chi connectivity index (χ2v) is 5.34. The van der Waals surface area contributed by atoms with Crippen molar-refractivity contribution >= 4 is 21.5 Å². The molecule has 1 aromatic rings. The van der Waals surface area contributed by atoms with Crippen molar-refractivity contribution in [3.8, 4) is 0 Å². The molecule has 9 heteroatoms. The number of hydrogen-bond acceptors (Lipinski definition) is 5. The fraction of sp³-hybridized carbons (Fsp3) is 0.300. The zero-order chi connectivity index (χ0) is 14.7. The predicted octanol–water partition coefficient (Wildman–Crippen LogP) is 1.56. The molecule has 0 aromatic heterocycles.